The minimum Gasteiger partial charge on any atom is -0.437 e. The molecule has 2 aromatic rings. The number of nitrogen functional groups attached to an aromatic ring is 1. The van der Waals surface area contributed by atoms with Crippen molar-refractivity contribution in [2.75, 3.05) is 5.73 Å². The normalized spacial score (nSPS) is 11.4. The molecule has 0 aliphatic heterocycles. The predicted octanol–water partition coefficient (Wildman–Crippen LogP) is 4.52. The zero-order valence-corrected chi connectivity index (χ0v) is 12.9. The summed E-state index contributed by atoms with van der Waals surface area (Å²) in [5, 5.41) is 0. The summed E-state index contributed by atoms with van der Waals surface area (Å²) in [5.41, 5.74) is 7.68. The first-order chi connectivity index (χ1) is 8.86. The number of nitrogens with two attached hydrogens (primary N) is 1. The summed E-state index contributed by atoms with van der Waals surface area (Å²) in [5.74, 6) is 1.17. The quantitative estimate of drug-likeness (QED) is 0.885. The zero-order valence-electron chi connectivity index (χ0n) is 11.3. The predicted molar refractivity (Wildman–Crippen MR) is 81.6 cm³/mol. The standard InChI is InChI=1S/C15H17BrN2O/c1-15(2,3)10-5-4-6-12(7-10)19-14-13(17)8-11(16)9-18-14/h4-9H,17H2,1-3H3. The molecule has 0 unspecified atom stereocenters. The minimum absolute atomic E-state index is 0.0814. The number of rotatable bonds is 2. The molecule has 1 aromatic heterocycles. The number of hydrogen-bond donors (Lipinski definition) is 1. The molecule has 100 valence electrons. The fourth-order valence-corrected chi connectivity index (χ4v) is 2.01. The molecule has 0 aliphatic rings. The van der Waals surface area contributed by atoms with Crippen molar-refractivity contribution < 1.29 is 4.74 Å². The second-order valence-electron chi connectivity index (χ2n) is 5.43. The zero-order chi connectivity index (χ0) is 14.0. The lowest BCUT2D eigenvalue weighted by Gasteiger charge is -2.19. The highest BCUT2D eigenvalue weighted by atomic mass is 79.9. The van der Waals surface area contributed by atoms with Gasteiger partial charge in [0.25, 0.3) is 0 Å². The van der Waals surface area contributed by atoms with Gasteiger partial charge in [0.15, 0.2) is 0 Å². The summed E-state index contributed by atoms with van der Waals surface area (Å²) in [6.07, 6.45) is 1.67. The molecule has 0 bridgehead atoms. The third-order valence-corrected chi connectivity index (χ3v) is 3.19. The number of halogens is 1. The van der Waals surface area contributed by atoms with Crippen LogP contribution < -0.4 is 10.5 Å². The number of hydrogen-bond acceptors (Lipinski definition) is 3. The van der Waals surface area contributed by atoms with Crippen molar-refractivity contribution in [2.45, 2.75) is 26.2 Å². The van der Waals surface area contributed by atoms with E-state index in [2.05, 4.69) is 47.8 Å². The van der Waals surface area contributed by atoms with Gasteiger partial charge in [0.05, 0.1) is 5.69 Å². The second-order valence-corrected chi connectivity index (χ2v) is 6.34. The van der Waals surface area contributed by atoms with Gasteiger partial charge in [-0.25, -0.2) is 4.98 Å². The van der Waals surface area contributed by atoms with Gasteiger partial charge >= 0.3 is 0 Å². The number of nitrogens with zero attached hydrogens (tertiary/aromatic N) is 1. The van der Waals surface area contributed by atoms with Crippen LogP contribution in [0.3, 0.4) is 0 Å². The number of anilines is 1. The molecule has 0 aliphatic carbocycles. The fraction of sp³-hybridized carbons (Fsp3) is 0.267. The number of pyridine rings is 1. The maximum absolute atomic E-state index is 5.88. The Morgan fingerprint density at radius 2 is 1.95 bits per heavy atom. The van der Waals surface area contributed by atoms with Crippen LogP contribution >= 0.6 is 15.9 Å². The van der Waals surface area contributed by atoms with Crippen LogP contribution in [0.5, 0.6) is 11.6 Å². The molecule has 0 saturated carbocycles. The molecule has 1 heterocycles. The lowest BCUT2D eigenvalue weighted by Crippen LogP contribution is -2.10. The first-order valence-corrected chi connectivity index (χ1v) is 6.85. The lowest BCUT2D eigenvalue weighted by molar-refractivity contribution is 0.462. The molecule has 0 amide bonds. The van der Waals surface area contributed by atoms with Crippen molar-refractivity contribution >= 4 is 21.6 Å². The molecular formula is C15H17BrN2O. The van der Waals surface area contributed by atoms with Crippen molar-refractivity contribution in [1.82, 2.24) is 4.98 Å². The van der Waals surface area contributed by atoms with E-state index in [4.69, 9.17) is 10.5 Å². The molecule has 2 rings (SSSR count). The summed E-state index contributed by atoms with van der Waals surface area (Å²) < 4.78 is 6.58. The van der Waals surface area contributed by atoms with E-state index >= 15 is 0 Å². The Labute approximate surface area is 121 Å². The van der Waals surface area contributed by atoms with Crippen LogP contribution in [0.15, 0.2) is 41.0 Å². The van der Waals surface area contributed by atoms with Crippen molar-refractivity contribution in [3.8, 4) is 11.6 Å². The van der Waals surface area contributed by atoms with Gasteiger partial charge in [-0.15, -0.1) is 0 Å². The van der Waals surface area contributed by atoms with Crippen molar-refractivity contribution in [2.24, 2.45) is 0 Å². The van der Waals surface area contributed by atoms with Gasteiger partial charge in [0, 0.05) is 10.7 Å². The molecule has 0 atom stereocenters. The third-order valence-electron chi connectivity index (χ3n) is 2.76. The maximum Gasteiger partial charge on any atom is 0.242 e. The third kappa shape index (κ3) is 3.47. The van der Waals surface area contributed by atoms with Crippen LogP contribution in [0.2, 0.25) is 0 Å². The largest absolute Gasteiger partial charge is 0.437 e. The fourth-order valence-electron chi connectivity index (χ4n) is 1.67. The molecule has 19 heavy (non-hydrogen) atoms. The monoisotopic (exact) mass is 320 g/mol. The van der Waals surface area contributed by atoms with Gasteiger partial charge in [0.1, 0.15) is 5.75 Å². The molecule has 3 nitrogen and oxygen atoms in total. The molecule has 0 fully saturated rings. The first kappa shape index (κ1) is 13.9. The highest BCUT2D eigenvalue weighted by Gasteiger charge is 2.14. The SMILES string of the molecule is CC(C)(C)c1cccc(Oc2ncc(Br)cc2N)c1. The molecule has 0 spiro atoms. The highest BCUT2D eigenvalue weighted by molar-refractivity contribution is 9.10. The van der Waals surface area contributed by atoms with E-state index in [1.54, 1.807) is 12.3 Å². The van der Waals surface area contributed by atoms with E-state index in [0.717, 1.165) is 10.2 Å². The summed E-state index contributed by atoms with van der Waals surface area (Å²) >= 11 is 3.32. The van der Waals surface area contributed by atoms with Crippen LogP contribution in [0.25, 0.3) is 0 Å². The average molecular weight is 321 g/mol. The lowest BCUT2D eigenvalue weighted by atomic mass is 9.87. The summed E-state index contributed by atoms with van der Waals surface area (Å²) in [7, 11) is 0. The van der Waals surface area contributed by atoms with E-state index in [-0.39, 0.29) is 5.41 Å². The van der Waals surface area contributed by atoms with Gasteiger partial charge in [-0.1, -0.05) is 32.9 Å². The van der Waals surface area contributed by atoms with Gasteiger partial charge in [0.2, 0.25) is 5.88 Å². The van der Waals surface area contributed by atoms with Gasteiger partial charge in [-0.2, -0.15) is 0 Å². The van der Waals surface area contributed by atoms with Crippen LogP contribution in [-0.2, 0) is 5.41 Å². The summed E-state index contributed by atoms with van der Waals surface area (Å²) in [6, 6.07) is 9.76. The van der Waals surface area contributed by atoms with E-state index in [1.165, 1.54) is 5.56 Å². The van der Waals surface area contributed by atoms with E-state index in [9.17, 15) is 0 Å². The topological polar surface area (TPSA) is 48.1 Å². The van der Waals surface area contributed by atoms with Crippen molar-refractivity contribution in [1.29, 1.82) is 0 Å². The molecule has 0 radical (unpaired) electrons. The van der Waals surface area contributed by atoms with Crippen LogP contribution in [0, 0.1) is 0 Å². The van der Waals surface area contributed by atoms with Crippen LogP contribution in [0.4, 0.5) is 5.69 Å². The Morgan fingerprint density at radius 1 is 1.21 bits per heavy atom. The van der Waals surface area contributed by atoms with Crippen LogP contribution in [-0.4, -0.2) is 4.98 Å². The average Bonchev–Trinajstić information content (AvgIpc) is 2.32. The Bertz CT molecular complexity index is 591. The number of aromatic nitrogens is 1. The molecule has 2 N–H and O–H groups in total. The van der Waals surface area contributed by atoms with Gasteiger partial charge < -0.3 is 10.5 Å². The molecule has 0 saturated heterocycles. The summed E-state index contributed by atoms with van der Waals surface area (Å²) in [4.78, 5) is 4.17. The Hall–Kier alpha value is -1.55. The number of ether oxygens (including phenoxy) is 1. The molecular weight excluding hydrogens is 304 g/mol. The van der Waals surface area contributed by atoms with E-state index in [1.807, 2.05) is 18.2 Å². The molecule has 1 aromatic carbocycles. The Morgan fingerprint density at radius 3 is 2.58 bits per heavy atom. The second kappa shape index (κ2) is 5.21. The minimum atomic E-state index is 0.0814. The Kier molecular flexibility index (Phi) is 3.80. The Balaban J connectivity index is 2.29. The van der Waals surface area contributed by atoms with Crippen LogP contribution in [0.1, 0.15) is 26.3 Å². The van der Waals surface area contributed by atoms with Gasteiger partial charge in [-0.05, 0) is 45.1 Å². The smallest absolute Gasteiger partial charge is 0.242 e. The highest BCUT2D eigenvalue weighted by Crippen LogP contribution is 2.30. The van der Waals surface area contributed by atoms with Gasteiger partial charge in [-0.3, -0.25) is 0 Å². The number of benzene rings is 1. The first-order valence-electron chi connectivity index (χ1n) is 6.06. The van der Waals surface area contributed by atoms with Crippen molar-refractivity contribution in [3.05, 3.63) is 46.6 Å². The summed E-state index contributed by atoms with van der Waals surface area (Å²) in [6.45, 7) is 6.50. The van der Waals surface area contributed by atoms with E-state index in [0.29, 0.717) is 11.6 Å². The maximum atomic E-state index is 5.88. The molecule has 4 heteroatoms. The van der Waals surface area contributed by atoms with Crippen molar-refractivity contribution in [3.63, 3.8) is 0 Å². The van der Waals surface area contributed by atoms with E-state index < -0.39 is 0 Å².